The molecular weight excluding hydrogens is 246 g/mol. The van der Waals surface area contributed by atoms with Crippen LogP contribution in [0.1, 0.15) is 52.2 Å². The van der Waals surface area contributed by atoms with E-state index in [4.69, 9.17) is 4.84 Å². The first-order valence-corrected chi connectivity index (χ1v) is 7.72. The quantitative estimate of drug-likeness (QED) is 0.780. The van der Waals surface area contributed by atoms with Gasteiger partial charge in [-0.05, 0) is 43.7 Å². The number of carbonyl (C=O) groups excluding carboxylic acids is 1. The van der Waals surface area contributed by atoms with Crippen molar-refractivity contribution in [3.63, 3.8) is 0 Å². The van der Waals surface area contributed by atoms with E-state index in [1.165, 1.54) is 41.2 Å². The van der Waals surface area contributed by atoms with E-state index in [0.29, 0.717) is 6.61 Å². The van der Waals surface area contributed by atoms with E-state index in [0.717, 1.165) is 30.7 Å². The third kappa shape index (κ3) is 2.45. The molecule has 4 heteroatoms. The number of nitrogens with zero attached hydrogens (tertiary/aromatic N) is 1. The molecule has 0 atom stereocenters. The molecule has 0 bridgehead atoms. The van der Waals surface area contributed by atoms with Gasteiger partial charge in [0.05, 0.1) is 18.0 Å². The van der Waals surface area contributed by atoms with Gasteiger partial charge in [-0.2, -0.15) is 0 Å². The molecule has 0 aromatic carbocycles. The molecule has 1 aliphatic carbocycles. The second-order valence-corrected chi connectivity index (χ2v) is 6.20. The van der Waals surface area contributed by atoms with Crippen LogP contribution < -0.4 is 0 Å². The van der Waals surface area contributed by atoms with Gasteiger partial charge in [-0.3, -0.25) is 9.63 Å². The van der Waals surface area contributed by atoms with E-state index < -0.39 is 0 Å². The molecule has 0 N–H and O–H groups in total. The highest BCUT2D eigenvalue weighted by molar-refractivity contribution is 7.14. The number of fused-ring (bicyclic) bond motifs is 1. The van der Waals surface area contributed by atoms with E-state index in [9.17, 15) is 4.79 Å². The highest BCUT2D eigenvalue weighted by Crippen LogP contribution is 2.29. The molecule has 3 rings (SSSR count). The Hall–Kier alpha value is -0.870. The molecule has 1 amide bonds. The summed E-state index contributed by atoms with van der Waals surface area (Å²) in [5.74, 6) is 0.0595. The van der Waals surface area contributed by atoms with E-state index >= 15 is 0 Å². The second kappa shape index (κ2) is 5.41. The molecule has 2 heterocycles. The van der Waals surface area contributed by atoms with Gasteiger partial charge in [-0.1, -0.05) is 12.8 Å². The average molecular weight is 265 g/mol. The number of carbonyl (C=O) groups is 1. The van der Waals surface area contributed by atoms with Crippen molar-refractivity contribution in [3.8, 4) is 0 Å². The zero-order chi connectivity index (χ0) is 12.4. The second-order valence-electron chi connectivity index (χ2n) is 5.07. The van der Waals surface area contributed by atoms with E-state index in [2.05, 4.69) is 6.07 Å². The number of hydrogen-bond donors (Lipinski definition) is 0. The van der Waals surface area contributed by atoms with Crippen LogP contribution in [0.25, 0.3) is 0 Å². The van der Waals surface area contributed by atoms with Crippen LogP contribution in [0.3, 0.4) is 0 Å². The minimum Gasteiger partial charge on any atom is -0.271 e. The van der Waals surface area contributed by atoms with Crippen molar-refractivity contribution in [3.05, 3.63) is 21.4 Å². The Balaban J connectivity index is 1.80. The van der Waals surface area contributed by atoms with Crippen LogP contribution in [0, 0.1) is 0 Å². The fourth-order valence-electron chi connectivity index (χ4n) is 2.68. The van der Waals surface area contributed by atoms with Crippen molar-refractivity contribution in [2.24, 2.45) is 0 Å². The number of rotatable bonds is 1. The fraction of sp³-hybridized carbons (Fsp3) is 0.643. The molecule has 98 valence electrons. The largest absolute Gasteiger partial charge is 0.287 e. The van der Waals surface area contributed by atoms with Crippen LogP contribution in [0.15, 0.2) is 6.07 Å². The zero-order valence-electron chi connectivity index (χ0n) is 10.6. The average Bonchev–Trinajstić information content (AvgIpc) is 2.98. The van der Waals surface area contributed by atoms with Crippen LogP contribution >= 0.6 is 11.3 Å². The predicted octanol–water partition coefficient (Wildman–Crippen LogP) is 3.18. The summed E-state index contributed by atoms with van der Waals surface area (Å²) in [6, 6.07) is 2.11. The molecule has 2 aliphatic rings. The monoisotopic (exact) mass is 265 g/mol. The summed E-state index contributed by atoms with van der Waals surface area (Å²) in [7, 11) is 0. The number of hydroxylamine groups is 2. The molecule has 1 aromatic rings. The molecule has 0 radical (unpaired) electrons. The Bertz CT molecular complexity index is 410. The smallest absolute Gasteiger partial charge is 0.271 e. The van der Waals surface area contributed by atoms with E-state index in [-0.39, 0.29) is 5.91 Å². The third-order valence-electron chi connectivity index (χ3n) is 3.69. The molecule has 0 saturated carbocycles. The van der Waals surface area contributed by atoms with Crippen molar-refractivity contribution in [1.82, 2.24) is 5.06 Å². The van der Waals surface area contributed by atoms with Crippen LogP contribution in [-0.4, -0.2) is 24.1 Å². The normalized spacial score (nSPS) is 20.3. The minimum atomic E-state index is 0.0595. The van der Waals surface area contributed by atoms with E-state index in [1.54, 1.807) is 11.3 Å². The van der Waals surface area contributed by atoms with Crippen molar-refractivity contribution < 1.29 is 9.63 Å². The Labute approximate surface area is 112 Å². The standard InChI is InChI=1S/C14H19NO2S/c16-14(15-8-5-9-17-15)13-10-11-6-3-1-2-4-7-12(11)18-13/h10H,1-9H2. The molecule has 18 heavy (non-hydrogen) atoms. The van der Waals surface area contributed by atoms with Gasteiger partial charge in [0.2, 0.25) is 0 Å². The summed E-state index contributed by atoms with van der Waals surface area (Å²) in [6.45, 7) is 1.41. The number of aryl methyl sites for hydroxylation is 2. The summed E-state index contributed by atoms with van der Waals surface area (Å²) in [6.07, 6.45) is 8.42. The van der Waals surface area contributed by atoms with Gasteiger partial charge in [0.25, 0.3) is 5.91 Å². The SMILES string of the molecule is O=C(c1cc2c(s1)CCCCCC2)N1CCCO1. The molecule has 0 unspecified atom stereocenters. The number of thiophene rings is 1. The van der Waals surface area contributed by atoms with Crippen molar-refractivity contribution in [2.75, 3.05) is 13.2 Å². The van der Waals surface area contributed by atoms with Gasteiger partial charge in [-0.15, -0.1) is 11.3 Å². The Morgan fingerprint density at radius 2 is 2.00 bits per heavy atom. The predicted molar refractivity (Wildman–Crippen MR) is 71.8 cm³/mol. The minimum absolute atomic E-state index is 0.0595. The maximum absolute atomic E-state index is 12.2. The van der Waals surface area contributed by atoms with Gasteiger partial charge in [0.1, 0.15) is 0 Å². The molecular formula is C14H19NO2S. The lowest BCUT2D eigenvalue weighted by atomic mass is 10.00. The number of amides is 1. The molecule has 1 aromatic heterocycles. The highest BCUT2D eigenvalue weighted by atomic mass is 32.1. The summed E-state index contributed by atoms with van der Waals surface area (Å²) in [5, 5.41) is 1.53. The molecule has 3 nitrogen and oxygen atoms in total. The fourth-order valence-corrected chi connectivity index (χ4v) is 3.87. The molecule has 1 fully saturated rings. The zero-order valence-corrected chi connectivity index (χ0v) is 11.4. The third-order valence-corrected chi connectivity index (χ3v) is 4.91. The lowest BCUT2D eigenvalue weighted by Gasteiger charge is -2.11. The summed E-state index contributed by atoms with van der Waals surface area (Å²) < 4.78 is 0. The highest BCUT2D eigenvalue weighted by Gasteiger charge is 2.24. The molecule has 0 spiro atoms. The first-order valence-electron chi connectivity index (χ1n) is 6.91. The first-order chi connectivity index (χ1) is 8.84. The number of hydrogen-bond acceptors (Lipinski definition) is 3. The van der Waals surface area contributed by atoms with Crippen molar-refractivity contribution >= 4 is 17.2 Å². The maximum Gasteiger partial charge on any atom is 0.287 e. The lowest BCUT2D eigenvalue weighted by molar-refractivity contribution is -0.0765. The van der Waals surface area contributed by atoms with Gasteiger partial charge in [0, 0.05) is 4.88 Å². The summed E-state index contributed by atoms with van der Waals surface area (Å²) >= 11 is 1.68. The van der Waals surface area contributed by atoms with Crippen LogP contribution in [0.5, 0.6) is 0 Å². The topological polar surface area (TPSA) is 29.5 Å². The first kappa shape index (κ1) is 12.2. The van der Waals surface area contributed by atoms with Gasteiger partial charge >= 0.3 is 0 Å². The summed E-state index contributed by atoms with van der Waals surface area (Å²) in [4.78, 5) is 19.9. The van der Waals surface area contributed by atoms with E-state index in [1.807, 2.05) is 0 Å². The molecule has 1 aliphatic heterocycles. The van der Waals surface area contributed by atoms with Crippen molar-refractivity contribution in [2.45, 2.75) is 44.9 Å². The van der Waals surface area contributed by atoms with Crippen LogP contribution in [0.2, 0.25) is 0 Å². The van der Waals surface area contributed by atoms with Crippen molar-refractivity contribution in [1.29, 1.82) is 0 Å². The van der Waals surface area contributed by atoms with Gasteiger partial charge < -0.3 is 0 Å². The van der Waals surface area contributed by atoms with Gasteiger partial charge in [0.15, 0.2) is 0 Å². The molecule has 1 saturated heterocycles. The van der Waals surface area contributed by atoms with Crippen LogP contribution in [0.4, 0.5) is 0 Å². The Morgan fingerprint density at radius 3 is 2.78 bits per heavy atom. The Morgan fingerprint density at radius 1 is 1.17 bits per heavy atom. The maximum atomic E-state index is 12.2. The summed E-state index contributed by atoms with van der Waals surface area (Å²) in [5.41, 5.74) is 1.40. The Kier molecular flexibility index (Phi) is 3.66. The van der Waals surface area contributed by atoms with Gasteiger partial charge in [-0.25, -0.2) is 5.06 Å². The lowest BCUT2D eigenvalue weighted by Crippen LogP contribution is -2.25. The van der Waals surface area contributed by atoms with Crippen LogP contribution in [-0.2, 0) is 17.7 Å².